The molecule has 5 nitrogen and oxygen atoms in total. The fraction of sp³-hybridized carbons (Fsp3) is 0.667. The predicted molar refractivity (Wildman–Crippen MR) is 87.5 cm³/mol. The zero-order chi connectivity index (χ0) is 15.8. The minimum atomic E-state index is 0.283. The summed E-state index contributed by atoms with van der Waals surface area (Å²) in [5.41, 5.74) is 2.48. The molecular weight excluding hydrogens is 294 g/mol. The lowest BCUT2D eigenvalue weighted by Crippen LogP contribution is -2.31. The van der Waals surface area contributed by atoms with Crippen molar-refractivity contribution in [1.29, 1.82) is 0 Å². The molecule has 3 heterocycles. The van der Waals surface area contributed by atoms with E-state index in [1.807, 2.05) is 0 Å². The quantitative estimate of drug-likeness (QED) is 0.653. The van der Waals surface area contributed by atoms with Crippen LogP contribution in [0.4, 0.5) is 5.69 Å². The number of benzene rings is 1. The Kier molecular flexibility index (Phi) is 4.18. The van der Waals surface area contributed by atoms with Crippen molar-refractivity contribution in [2.75, 3.05) is 44.4 Å². The van der Waals surface area contributed by atoms with Crippen LogP contribution in [0.25, 0.3) is 0 Å². The van der Waals surface area contributed by atoms with E-state index in [-0.39, 0.29) is 6.10 Å². The Morgan fingerprint density at radius 1 is 1.04 bits per heavy atom. The second kappa shape index (κ2) is 6.30. The molecule has 3 unspecified atom stereocenters. The van der Waals surface area contributed by atoms with Crippen LogP contribution in [0, 0.1) is 0 Å². The van der Waals surface area contributed by atoms with Gasteiger partial charge >= 0.3 is 0 Å². The van der Waals surface area contributed by atoms with E-state index >= 15 is 0 Å². The van der Waals surface area contributed by atoms with Gasteiger partial charge in [0.25, 0.3) is 0 Å². The number of rotatable bonds is 9. The number of nitrogens with zero attached hydrogens (tertiary/aromatic N) is 1. The maximum atomic E-state index is 5.95. The standard InChI is InChI=1S/C18H25NO4/c1-12(2)17-5-13(3-4-18(17)23-11-16-10-22-16)19(6-14-8-20-14)7-15-9-21-15/h3-5,12,14-16H,6-11H2,1-2H3. The van der Waals surface area contributed by atoms with Crippen LogP contribution in [0.2, 0.25) is 0 Å². The molecule has 3 aliphatic rings. The van der Waals surface area contributed by atoms with Crippen LogP contribution < -0.4 is 9.64 Å². The molecule has 5 heteroatoms. The highest BCUT2D eigenvalue weighted by atomic mass is 16.6. The molecule has 0 bridgehead atoms. The van der Waals surface area contributed by atoms with Gasteiger partial charge in [-0.15, -0.1) is 0 Å². The van der Waals surface area contributed by atoms with Crippen molar-refractivity contribution in [2.45, 2.75) is 38.1 Å². The molecule has 1 aromatic carbocycles. The Morgan fingerprint density at radius 2 is 1.65 bits per heavy atom. The predicted octanol–water partition coefficient (Wildman–Crippen LogP) is 2.19. The summed E-state index contributed by atoms with van der Waals surface area (Å²) in [5.74, 6) is 1.39. The molecule has 0 saturated carbocycles. The molecule has 0 aromatic heterocycles. The summed E-state index contributed by atoms with van der Waals surface area (Å²) in [6, 6.07) is 6.51. The largest absolute Gasteiger partial charge is 0.490 e. The molecule has 0 radical (unpaired) electrons. The summed E-state index contributed by atoms with van der Waals surface area (Å²) in [7, 11) is 0. The summed E-state index contributed by atoms with van der Waals surface area (Å²) >= 11 is 0. The van der Waals surface area contributed by atoms with E-state index in [9.17, 15) is 0 Å². The minimum absolute atomic E-state index is 0.283. The van der Waals surface area contributed by atoms with Crippen LogP contribution >= 0.6 is 0 Å². The van der Waals surface area contributed by atoms with E-state index in [2.05, 4.69) is 36.9 Å². The number of hydrogen-bond donors (Lipinski definition) is 0. The second-order valence-corrected chi connectivity index (χ2v) is 6.96. The summed E-state index contributed by atoms with van der Waals surface area (Å²) in [6.45, 7) is 9.51. The molecule has 3 atom stereocenters. The van der Waals surface area contributed by atoms with Crippen molar-refractivity contribution in [1.82, 2.24) is 0 Å². The molecule has 0 N–H and O–H groups in total. The molecule has 126 valence electrons. The summed E-state index contributed by atoms with van der Waals surface area (Å²) in [5, 5.41) is 0. The number of ether oxygens (including phenoxy) is 4. The van der Waals surface area contributed by atoms with Gasteiger partial charge in [0.1, 0.15) is 18.5 Å². The van der Waals surface area contributed by atoms with Gasteiger partial charge in [-0.25, -0.2) is 0 Å². The van der Waals surface area contributed by atoms with E-state index in [0.717, 1.165) is 38.7 Å². The van der Waals surface area contributed by atoms with E-state index in [1.54, 1.807) is 0 Å². The molecule has 0 spiro atoms. The van der Waals surface area contributed by atoms with Crippen molar-refractivity contribution >= 4 is 5.69 Å². The van der Waals surface area contributed by atoms with Crippen molar-refractivity contribution < 1.29 is 18.9 Å². The first-order valence-electron chi connectivity index (χ1n) is 8.55. The smallest absolute Gasteiger partial charge is 0.123 e. The van der Waals surface area contributed by atoms with E-state index in [4.69, 9.17) is 18.9 Å². The average molecular weight is 319 g/mol. The lowest BCUT2D eigenvalue weighted by atomic mass is 10.0. The average Bonchev–Trinajstić information content (AvgIpc) is 3.35. The van der Waals surface area contributed by atoms with Crippen molar-refractivity contribution in [3.8, 4) is 5.75 Å². The molecule has 3 aliphatic heterocycles. The molecule has 23 heavy (non-hydrogen) atoms. The molecule has 0 aliphatic carbocycles. The summed E-state index contributed by atoms with van der Waals surface area (Å²) in [6.07, 6.45) is 1.03. The van der Waals surface area contributed by atoms with Crippen molar-refractivity contribution in [3.05, 3.63) is 23.8 Å². The highest BCUT2D eigenvalue weighted by Crippen LogP contribution is 2.33. The first kappa shape index (κ1) is 15.2. The Bertz CT molecular complexity index is 536. The van der Waals surface area contributed by atoms with Gasteiger partial charge in [0.2, 0.25) is 0 Å². The Labute approximate surface area is 137 Å². The van der Waals surface area contributed by atoms with E-state index < -0.39 is 0 Å². The Morgan fingerprint density at radius 3 is 2.17 bits per heavy atom. The Balaban J connectivity index is 1.51. The third-order valence-corrected chi connectivity index (χ3v) is 4.46. The number of anilines is 1. The fourth-order valence-corrected chi connectivity index (χ4v) is 2.79. The number of hydrogen-bond acceptors (Lipinski definition) is 5. The maximum Gasteiger partial charge on any atom is 0.123 e. The van der Waals surface area contributed by atoms with Gasteiger partial charge in [-0.3, -0.25) is 0 Å². The second-order valence-electron chi connectivity index (χ2n) is 6.96. The van der Waals surface area contributed by atoms with Crippen LogP contribution in [0.1, 0.15) is 25.3 Å². The van der Waals surface area contributed by atoms with Gasteiger partial charge in [0, 0.05) is 18.8 Å². The van der Waals surface area contributed by atoms with Gasteiger partial charge in [-0.2, -0.15) is 0 Å². The van der Waals surface area contributed by atoms with Crippen LogP contribution in [-0.2, 0) is 14.2 Å². The van der Waals surface area contributed by atoms with E-state index in [0.29, 0.717) is 24.7 Å². The topological polar surface area (TPSA) is 50.1 Å². The van der Waals surface area contributed by atoms with Crippen molar-refractivity contribution in [3.63, 3.8) is 0 Å². The maximum absolute atomic E-state index is 5.95. The van der Waals surface area contributed by atoms with Crippen LogP contribution in [0.5, 0.6) is 5.75 Å². The molecule has 4 rings (SSSR count). The van der Waals surface area contributed by atoms with Crippen LogP contribution in [0.15, 0.2) is 18.2 Å². The number of epoxide rings is 3. The van der Waals surface area contributed by atoms with Crippen LogP contribution in [-0.4, -0.2) is 57.8 Å². The third-order valence-electron chi connectivity index (χ3n) is 4.46. The monoisotopic (exact) mass is 319 g/mol. The highest BCUT2D eigenvalue weighted by molar-refractivity contribution is 5.54. The van der Waals surface area contributed by atoms with E-state index in [1.165, 1.54) is 11.3 Å². The lowest BCUT2D eigenvalue weighted by molar-refractivity contribution is 0.260. The zero-order valence-electron chi connectivity index (χ0n) is 13.9. The summed E-state index contributed by atoms with van der Waals surface area (Å²) < 4.78 is 22.0. The molecule has 3 saturated heterocycles. The third kappa shape index (κ3) is 4.16. The van der Waals surface area contributed by atoms with Gasteiger partial charge in [-0.05, 0) is 29.7 Å². The summed E-state index contributed by atoms with van der Waals surface area (Å²) in [4.78, 5) is 2.38. The van der Waals surface area contributed by atoms with Gasteiger partial charge in [0.05, 0.1) is 32.0 Å². The highest BCUT2D eigenvalue weighted by Gasteiger charge is 2.31. The lowest BCUT2D eigenvalue weighted by Gasteiger charge is -2.25. The first-order chi connectivity index (χ1) is 11.2. The van der Waals surface area contributed by atoms with Crippen molar-refractivity contribution in [2.24, 2.45) is 0 Å². The van der Waals surface area contributed by atoms with Gasteiger partial charge in [-0.1, -0.05) is 13.8 Å². The molecule has 1 aromatic rings. The van der Waals surface area contributed by atoms with Gasteiger partial charge < -0.3 is 23.8 Å². The molecular formula is C18H25NO4. The molecule has 3 fully saturated rings. The normalized spacial score (nSPS) is 27.9. The van der Waals surface area contributed by atoms with Crippen LogP contribution in [0.3, 0.4) is 0 Å². The zero-order valence-corrected chi connectivity index (χ0v) is 13.9. The molecule has 0 amide bonds. The first-order valence-corrected chi connectivity index (χ1v) is 8.55. The van der Waals surface area contributed by atoms with Gasteiger partial charge in [0.15, 0.2) is 0 Å². The SMILES string of the molecule is CC(C)c1cc(N(CC2CO2)CC2CO2)ccc1OCC1CO1. The Hall–Kier alpha value is -1.30. The minimum Gasteiger partial charge on any atom is -0.490 e. The fourth-order valence-electron chi connectivity index (χ4n) is 2.79.